The molecule has 1 heterocycles. The Morgan fingerprint density at radius 1 is 1.45 bits per heavy atom. The van der Waals surface area contributed by atoms with E-state index in [4.69, 9.17) is 4.74 Å². The van der Waals surface area contributed by atoms with E-state index in [0.717, 1.165) is 18.5 Å². The van der Waals surface area contributed by atoms with Crippen LogP contribution in [0, 0.1) is 0 Å². The van der Waals surface area contributed by atoms with Gasteiger partial charge in [0.05, 0.1) is 17.1 Å². The molecule has 0 radical (unpaired) electrons. The third kappa shape index (κ3) is 3.86. The van der Waals surface area contributed by atoms with Crippen molar-refractivity contribution in [2.24, 2.45) is 0 Å². The second-order valence-electron chi connectivity index (χ2n) is 5.19. The molecule has 1 aliphatic rings. The second-order valence-corrected chi connectivity index (χ2v) is 7.03. The lowest BCUT2D eigenvalue weighted by Gasteiger charge is -2.26. The van der Waals surface area contributed by atoms with Gasteiger partial charge < -0.3 is 10.1 Å². The molecule has 0 saturated heterocycles. The summed E-state index contributed by atoms with van der Waals surface area (Å²) in [7, 11) is -1.76. The number of ether oxygens (including phenoxy) is 1. The molecule has 112 valence electrons. The molecule has 0 spiro atoms. The maximum atomic E-state index is 12.0. The molecule has 20 heavy (non-hydrogen) atoms. The van der Waals surface area contributed by atoms with Crippen molar-refractivity contribution in [2.75, 3.05) is 29.5 Å². The van der Waals surface area contributed by atoms with Gasteiger partial charge in [0.25, 0.3) is 0 Å². The van der Waals surface area contributed by atoms with Crippen LogP contribution in [0.2, 0.25) is 0 Å². The quantitative estimate of drug-likeness (QED) is 0.790. The topological polar surface area (TPSA) is 67.4 Å². The number of hydrogen-bond donors (Lipinski definition) is 2. The molecule has 1 unspecified atom stereocenters. The maximum absolute atomic E-state index is 12.0. The Balaban J connectivity index is 2.13. The van der Waals surface area contributed by atoms with Gasteiger partial charge in [-0.25, -0.2) is 8.42 Å². The van der Waals surface area contributed by atoms with Crippen molar-refractivity contribution in [1.82, 2.24) is 0 Å². The summed E-state index contributed by atoms with van der Waals surface area (Å²) in [4.78, 5) is 0. The highest BCUT2D eigenvalue weighted by molar-refractivity contribution is 7.92. The first-order valence-electron chi connectivity index (χ1n) is 6.89. The highest BCUT2D eigenvalue weighted by atomic mass is 32.2. The lowest BCUT2D eigenvalue weighted by molar-refractivity contribution is 0.199. The first-order chi connectivity index (χ1) is 9.52. The molecule has 1 atom stereocenters. The summed E-state index contributed by atoms with van der Waals surface area (Å²) in [6, 6.07) is 6.10. The fourth-order valence-corrected chi connectivity index (χ4v) is 3.47. The summed E-state index contributed by atoms with van der Waals surface area (Å²) in [6.45, 7) is 2.55. The van der Waals surface area contributed by atoms with Crippen molar-refractivity contribution in [2.45, 2.75) is 32.2 Å². The summed E-state index contributed by atoms with van der Waals surface area (Å²) < 4.78 is 31.7. The van der Waals surface area contributed by atoms with E-state index in [0.29, 0.717) is 24.8 Å². The van der Waals surface area contributed by atoms with Crippen LogP contribution < -0.4 is 10.0 Å². The Labute approximate surface area is 120 Å². The van der Waals surface area contributed by atoms with E-state index >= 15 is 0 Å². The van der Waals surface area contributed by atoms with E-state index in [2.05, 4.69) is 17.0 Å². The zero-order valence-electron chi connectivity index (χ0n) is 12.0. The van der Waals surface area contributed by atoms with E-state index in [1.165, 1.54) is 5.56 Å². The van der Waals surface area contributed by atoms with E-state index < -0.39 is 10.0 Å². The van der Waals surface area contributed by atoms with Crippen LogP contribution in [0.25, 0.3) is 0 Å². The number of nitrogens with one attached hydrogen (secondary N) is 2. The van der Waals surface area contributed by atoms with E-state index in [9.17, 15) is 8.42 Å². The van der Waals surface area contributed by atoms with Crippen LogP contribution in [0.3, 0.4) is 0 Å². The van der Waals surface area contributed by atoms with Gasteiger partial charge in [-0.1, -0.05) is 12.1 Å². The molecule has 6 heteroatoms. The maximum Gasteiger partial charge on any atom is 0.232 e. The molecule has 2 rings (SSSR count). The molecule has 1 aliphatic heterocycles. The zero-order valence-corrected chi connectivity index (χ0v) is 12.8. The third-order valence-electron chi connectivity index (χ3n) is 3.42. The Bertz CT molecular complexity index is 558. The Morgan fingerprint density at radius 2 is 2.25 bits per heavy atom. The van der Waals surface area contributed by atoms with Gasteiger partial charge in [-0.15, -0.1) is 0 Å². The Hall–Kier alpha value is -1.27. The van der Waals surface area contributed by atoms with Gasteiger partial charge >= 0.3 is 0 Å². The number of para-hydroxylation sites is 1. The predicted molar refractivity (Wildman–Crippen MR) is 81.8 cm³/mol. The molecule has 0 amide bonds. The molecule has 5 nitrogen and oxygen atoms in total. The van der Waals surface area contributed by atoms with Gasteiger partial charge in [0.1, 0.15) is 0 Å². The highest BCUT2D eigenvalue weighted by Gasteiger charge is 2.19. The Morgan fingerprint density at radius 3 is 3.00 bits per heavy atom. The third-order valence-corrected chi connectivity index (χ3v) is 4.77. The van der Waals surface area contributed by atoms with Crippen molar-refractivity contribution >= 4 is 21.4 Å². The van der Waals surface area contributed by atoms with Gasteiger partial charge in [-0.05, 0) is 37.8 Å². The molecule has 0 aliphatic carbocycles. The van der Waals surface area contributed by atoms with Crippen LogP contribution >= 0.6 is 0 Å². The average Bonchev–Trinajstić information content (AvgIpc) is 2.39. The van der Waals surface area contributed by atoms with E-state index in [-0.39, 0.29) is 5.75 Å². The minimum atomic E-state index is -3.33. The number of methoxy groups -OCH3 is 1. The molecule has 1 aromatic carbocycles. The number of aryl methyl sites for hydroxylation is 1. The van der Waals surface area contributed by atoms with Crippen LogP contribution in [0.4, 0.5) is 11.4 Å². The summed E-state index contributed by atoms with van der Waals surface area (Å²) in [5, 5.41) is 3.37. The Kier molecular flexibility index (Phi) is 4.88. The highest BCUT2D eigenvalue weighted by Crippen LogP contribution is 2.32. The lowest BCUT2D eigenvalue weighted by Crippen LogP contribution is -2.25. The van der Waals surface area contributed by atoms with Crippen molar-refractivity contribution in [3.8, 4) is 0 Å². The minimum absolute atomic E-state index is 0.0695. The minimum Gasteiger partial charge on any atom is -0.385 e. The fourth-order valence-electron chi connectivity index (χ4n) is 2.37. The second kappa shape index (κ2) is 6.45. The van der Waals surface area contributed by atoms with Crippen molar-refractivity contribution in [1.29, 1.82) is 0 Å². The summed E-state index contributed by atoms with van der Waals surface area (Å²) in [5.41, 5.74) is 2.73. The standard InChI is InChI=1S/C14H22N2O3S/c1-11-7-8-12-5-3-6-13(14(12)15-11)16-20(17,18)10-4-9-19-2/h3,5-6,11,15-16H,4,7-10H2,1-2H3. The summed E-state index contributed by atoms with van der Waals surface area (Å²) in [5.74, 6) is 0.0695. The molecule has 2 N–H and O–H groups in total. The van der Waals surface area contributed by atoms with Crippen LogP contribution in [0.5, 0.6) is 0 Å². The first kappa shape index (κ1) is 15.1. The molecule has 0 saturated carbocycles. The molecular formula is C14H22N2O3S. The molecule has 0 bridgehead atoms. The lowest BCUT2D eigenvalue weighted by atomic mass is 9.98. The van der Waals surface area contributed by atoms with Gasteiger partial charge in [0, 0.05) is 19.8 Å². The fraction of sp³-hybridized carbons (Fsp3) is 0.571. The smallest absolute Gasteiger partial charge is 0.232 e. The van der Waals surface area contributed by atoms with E-state index in [1.807, 2.05) is 12.1 Å². The van der Waals surface area contributed by atoms with Crippen LogP contribution in [-0.2, 0) is 21.2 Å². The average molecular weight is 298 g/mol. The van der Waals surface area contributed by atoms with E-state index in [1.54, 1.807) is 13.2 Å². The van der Waals surface area contributed by atoms with Gasteiger partial charge in [-0.3, -0.25) is 4.72 Å². The molecule has 1 aromatic rings. The van der Waals surface area contributed by atoms with Crippen LogP contribution in [-0.4, -0.2) is 33.9 Å². The SMILES string of the molecule is COCCCS(=O)(=O)Nc1cccc2c1NC(C)CC2. The van der Waals surface area contributed by atoms with Crippen molar-refractivity contribution in [3.05, 3.63) is 23.8 Å². The predicted octanol–water partition coefficient (Wildman–Crippen LogP) is 2.21. The number of anilines is 2. The summed E-state index contributed by atoms with van der Waals surface area (Å²) >= 11 is 0. The van der Waals surface area contributed by atoms with Crippen LogP contribution in [0.15, 0.2) is 18.2 Å². The normalized spacial score (nSPS) is 18.2. The molecular weight excluding hydrogens is 276 g/mol. The summed E-state index contributed by atoms with van der Waals surface area (Å²) in [6.07, 6.45) is 2.53. The van der Waals surface area contributed by atoms with Gasteiger partial charge in [0.15, 0.2) is 0 Å². The van der Waals surface area contributed by atoms with Crippen molar-refractivity contribution in [3.63, 3.8) is 0 Å². The number of benzene rings is 1. The van der Waals surface area contributed by atoms with Crippen LogP contribution in [0.1, 0.15) is 25.3 Å². The number of rotatable bonds is 6. The van der Waals surface area contributed by atoms with Gasteiger partial charge in [0.2, 0.25) is 10.0 Å². The van der Waals surface area contributed by atoms with Crippen molar-refractivity contribution < 1.29 is 13.2 Å². The number of fused-ring (bicyclic) bond motifs is 1. The molecule has 0 fully saturated rings. The monoisotopic (exact) mass is 298 g/mol. The number of sulfonamides is 1. The first-order valence-corrected chi connectivity index (χ1v) is 8.55. The molecule has 0 aromatic heterocycles. The zero-order chi connectivity index (χ0) is 14.6. The largest absolute Gasteiger partial charge is 0.385 e. The number of hydrogen-bond acceptors (Lipinski definition) is 4. The van der Waals surface area contributed by atoms with Gasteiger partial charge in [-0.2, -0.15) is 0 Å².